The molecule has 0 aliphatic rings. The third kappa shape index (κ3) is 3.62. The van der Waals surface area contributed by atoms with Crippen molar-refractivity contribution < 1.29 is 14.7 Å². The van der Waals surface area contributed by atoms with E-state index < -0.39 is 12.0 Å². The maximum Gasteiger partial charge on any atom is 0.326 e. The van der Waals surface area contributed by atoms with Gasteiger partial charge in [0.05, 0.1) is 11.7 Å². The number of carboxylic acids is 1. The Bertz CT molecular complexity index is 362. The van der Waals surface area contributed by atoms with Crippen molar-refractivity contribution in [3.63, 3.8) is 0 Å². The van der Waals surface area contributed by atoms with Crippen LogP contribution in [-0.4, -0.2) is 28.0 Å². The second-order valence-electron chi connectivity index (χ2n) is 3.86. The molecular formula is C10H14N2O3S. The Morgan fingerprint density at radius 2 is 2.25 bits per heavy atom. The van der Waals surface area contributed by atoms with E-state index in [2.05, 4.69) is 10.3 Å². The van der Waals surface area contributed by atoms with E-state index >= 15 is 0 Å². The summed E-state index contributed by atoms with van der Waals surface area (Å²) in [5, 5.41) is 11.4. The molecule has 1 aromatic rings. The molecule has 0 spiro atoms. The number of hydrogen-bond acceptors (Lipinski definition) is 4. The number of carboxylic acid groups (broad SMARTS) is 1. The summed E-state index contributed by atoms with van der Waals surface area (Å²) < 4.78 is 0. The van der Waals surface area contributed by atoms with E-state index in [-0.39, 0.29) is 11.8 Å². The van der Waals surface area contributed by atoms with Gasteiger partial charge < -0.3 is 10.4 Å². The lowest BCUT2D eigenvalue weighted by molar-refractivity contribution is -0.139. The standard InChI is InChI=1S/C10H14N2O3S/c1-6(2)3-7(10(14)15)12-9(13)8-4-11-5-16-8/h4-7H,3H2,1-2H3,(H,12,13)(H,14,15). The molecule has 1 atom stereocenters. The molecule has 0 saturated heterocycles. The molecule has 0 radical (unpaired) electrons. The Hall–Kier alpha value is -1.43. The van der Waals surface area contributed by atoms with E-state index in [0.717, 1.165) is 0 Å². The largest absolute Gasteiger partial charge is 0.480 e. The SMILES string of the molecule is CC(C)CC(NC(=O)c1cncs1)C(=O)O. The van der Waals surface area contributed by atoms with Crippen LogP contribution in [0.2, 0.25) is 0 Å². The van der Waals surface area contributed by atoms with Crippen molar-refractivity contribution in [1.29, 1.82) is 0 Å². The lowest BCUT2D eigenvalue weighted by Gasteiger charge is -2.15. The van der Waals surface area contributed by atoms with Gasteiger partial charge in [0.1, 0.15) is 10.9 Å². The molecule has 88 valence electrons. The number of nitrogens with zero attached hydrogens (tertiary/aromatic N) is 1. The smallest absolute Gasteiger partial charge is 0.326 e. The van der Waals surface area contributed by atoms with Gasteiger partial charge in [-0.3, -0.25) is 9.78 Å². The van der Waals surface area contributed by atoms with Crippen molar-refractivity contribution in [2.45, 2.75) is 26.3 Å². The number of nitrogens with one attached hydrogen (secondary N) is 1. The maximum atomic E-state index is 11.6. The number of carbonyl (C=O) groups excluding carboxylic acids is 1. The molecule has 0 aliphatic heterocycles. The average Bonchev–Trinajstić information content (AvgIpc) is 2.68. The normalized spacial score (nSPS) is 12.4. The van der Waals surface area contributed by atoms with Crippen molar-refractivity contribution in [1.82, 2.24) is 10.3 Å². The quantitative estimate of drug-likeness (QED) is 0.817. The fourth-order valence-corrected chi connectivity index (χ4v) is 1.77. The van der Waals surface area contributed by atoms with Crippen LogP contribution in [-0.2, 0) is 4.79 Å². The molecule has 16 heavy (non-hydrogen) atoms. The molecule has 0 aromatic carbocycles. The molecule has 1 heterocycles. The molecule has 5 nitrogen and oxygen atoms in total. The van der Waals surface area contributed by atoms with Crippen molar-refractivity contribution in [2.24, 2.45) is 5.92 Å². The average molecular weight is 242 g/mol. The first-order chi connectivity index (χ1) is 7.50. The number of amides is 1. The van der Waals surface area contributed by atoms with Crippen molar-refractivity contribution >= 4 is 23.2 Å². The zero-order valence-electron chi connectivity index (χ0n) is 9.14. The van der Waals surface area contributed by atoms with E-state index in [4.69, 9.17) is 5.11 Å². The molecule has 6 heteroatoms. The third-order valence-electron chi connectivity index (χ3n) is 1.97. The summed E-state index contributed by atoms with van der Waals surface area (Å²) in [5.74, 6) is -1.18. The molecular weight excluding hydrogens is 228 g/mol. The fourth-order valence-electron chi connectivity index (χ4n) is 1.25. The van der Waals surface area contributed by atoms with Gasteiger partial charge in [-0.25, -0.2) is 4.79 Å². The summed E-state index contributed by atoms with van der Waals surface area (Å²) in [6.07, 6.45) is 1.84. The van der Waals surface area contributed by atoms with Gasteiger partial charge in [-0.2, -0.15) is 0 Å². The number of aromatic nitrogens is 1. The second-order valence-corrected chi connectivity index (χ2v) is 4.75. The Kier molecular flexibility index (Phi) is 4.42. The minimum Gasteiger partial charge on any atom is -0.480 e. The van der Waals surface area contributed by atoms with E-state index in [1.165, 1.54) is 23.0 Å². The fraction of sp³-hybridized carbons (Fsp3) is 0.500. The van der Waals surface area contributed by atoms with Crippen LogP contribution in [0.15, 0.2) is 11.7 Å². The van der Waals surface area contributed by atoms with Crippen LogP contribution in [0.25, 0.3) is 0 Å². The monoisotopic (exact) mass is 242 g/mol. The highest BCUT2D eigenvalue weighted by Crippen LogP contribution is 2.09. The number of thiazole rings is 1. The summed E-state index contributed by atoms with van der Waals surface area (Å²) in [6, 6.07) is -0.838. The number of hydrogen-bond donors (Lipinski definition) is 2. The highest BCUT2D eigenvalue weighted by atomic mass is 32.1. The maximum absolute atomic E-state index is 11.6. The highest BCUT2D eigenvalue weighted by molar-refractivity contribution is 7.11. The van der Waals surface area contributed by atoms with Crippen LogP contribution >= 0.6 is 11.3 Å². The number of rotatable bonds is 5. The van der Waals surface area contributed by atoms with Crippen LogP contribution in [0.1, 0.15) is 29.9 Å². The number of carbonyl (C=O) groups is 2. The van der Waals surface area contributed by atoms with E-state index in [1.54, 1.807) is 0 Å². The topological polar surface area (TPSA) is 79.3 Å². The molecule has 1 rings (SSSR count). The predicted molar refractivity (Wildman–Crippen MR) is 60.5 cm³/mol. The van der Waals surface area contributed by atoms with Crippen molar-refractivity contribution in [3.8, 4) is 0 Å². The summed E-state index contributed by atoms with van der Waals surface area (Å²) in [5.41, 5.74) is 1.53. The summed E-state index contributed by atoms with van der Waals surface area (Å²) >= 11 is 1.19. The third-order valence-corrected chi connectivity index (χ3v) is 2.74. The van der Waals surface area contributed by atoms with E-state index in [9.17, 15) is 9.59 Å². The Morgan fingerprint density at radius 3 is 2.69 bits per heavy atom. The zero-order chi connectivity index (χ0) is 12.1. The molecule has 1 unspecified atom stereocenters. The minimum absolute atomic E-state index is 0.211. The van der Waals surface area contributed by atoms with Gasteiger partial charge in [-0.05, 0) is 12.3 Å². The van der Waals surface area contributed by atoms with Gasteiger partial charge in [0.2, 0.25) is 0 Å². The van der Waals surface area contributed by atoms with Gasteiger partial charge in [0.15, 0.2) is 0 Å². The van der Waals surface area contributed by atoms with Gasteiger partial charge in [0.25, 0.3) is 5.91 Å². The molecule has 1 aromatic heterocycles. The van der Waals surface area contributed by atoms with E-state index in [1.807, 2.05) is 13.8 Å². The first-order valence-electron chi connectivity index (χ1n) is 4.93. The molecule has 0 aliphatic carbocycles. The molecule has 0 saturated carbocycles. The van der Waals surface area contributed by atoms with Gasteiger partial charge >= 0.3 is 5.97 Å². The molecule has 0 fully saturated rings. The van der Waals surface area contributed by atoms with Crippen LogP contribution in [0.3, 0.4) is 0 Å². The van der Waals surface area contributed by atoms with Crippen LogP contribution in [0.4, 0.5) is 0 Å². The highest BCUT2D eigenvalue weighted by Gasteiger charge is 2.22. The van der Waals surface area contributed by atoms with Gasteiger partial charge in [-0.15, -0.1) is 11.3 Å². The Balaban J connectivity index is 2.62. The predicted octanol–water partition coefficient (Wildman–Crippen LogP) is 1.37. The van der Waals surface area contributed by atoms with Gasteiger partial charge in [-0.1, -0.05) is 13.8 Å². The van der Waals surface area contributed by atoms with Crippen LogP contribution in [0.5, 0.6) is 0 Å². The summed E-state index contributed by atoms with van der Waals surface area (Å²) in [6.45, 7) is 3.82. The molecule has 1 amide bonds. The van der Waals surface area contributed by atoms with Crippen LogP contribution < -0.4 is 5.32 Å². The second kappa shape index (κ2) is 5.60. The number of aliphatic carboxylic acids is 1. The van der Waals surface area contributed by atoms with E-state index in [0.29, 0.717) is 11.3 Å². The summed E-state index contributed by atoms with van der Waals surface area (Å²) in [4.78, 5) is 26.7. The molecule has 0 bridgehead atoms. The summed E-state index contributed by atoms with van der Waals surface area (Å²) in [7, 11) is 0. The zero-order valence-corrected chi connectivity index (χ0v) is 9.95. The van der Waals surface area contributed by atoms with Crippen molar-refractivity contribution in [2.75, 3.05) is 0 Å². The Morgan fingerprint density at radius 1 is 1.56 bits per heavy atom. The molecule has 2 N–H and O–H groups in total. The van der Waals surface area contributed by atoms with Crippen LogP contribution in [0, 0.1) is 5.92 Å². The minimum atomic E-state index is -1.01. The van der Waals surface area contributed by atoms with Gasteiger partial charge in [0, 0.05) is 0 Å². The lowest BCUT2D eigenvalue weighted by Crippen LogP contribution is -2.41. The first-order valence-corrected chi connectivity index (χ1v) is 5.80. The first kappa shape index (κ1) is 12.6. The lowest BCUT2D eigenvalue weighted by atomic mass is 10.0. The van der Waals surface area contributed by atoms with Crippen molar-refractivity contribution in [3.05, 3.63) is 16.6 Å². The Labute approximate surface area is 97.5 Å².